The van der Waals surface area contributed by atoms with Crippen molar-refractivity contribution in [2.75, 3.05) is 15.8 Å². The molecule has 7 heteroatoms. The van der Waals surface area contributed by atoms with Gasteiger partial charge in [-0.2, -0.15) is 0 Å². The van der Waals surface area contributed by atoms with Crippen molar-refractivity contribution < 1.29 is 13.2 Å². The Labute approximate surface area is 169 Å². The van der Waals surface area contributed by atoms with Gasteiger partial charge in [0.1, 0.15) is 0 Å². The fourth-order valence-corrected chi connectivity index (χ4v) is 4.28. The quantitative estimate of drug-likeness (QED) is 0.559. The van der Waals surface area contributed by atoms with Crippen LogP contribution >= 0.6 is 11.8 Å². The molecule has 2 N–H and O–H groups in total. The second kappa shape index (κ2) is 8.95. The van der Waals surface area contributed by atoms with Gasteiger partial charge in [-0.15, -0.1) is 11.8 Å². The number of benzene rings is 3. The number of hydrogen-bond acceptors (Lipinski definition) is 4. The molecule has 0 bridgehead atoms. The molecule has 0 unspecified atom stereocenters. The van der Waals surface area contributed by atoms with E-state index in [1.54, 1.807) is 54.6 Å². The van der Waals surface area contributed by atoms with E-state index in [0.29, 0.717) is 5.69 Å². The highest BCUT2D eigenvalue weighted by Gasteiger charge is 2.13. The molecule has 0 aliphatic rings. The van der Waals surface area contributed by atoms with E-state index in [1.165, 1.54) is 11.8 Å². The lowest BCUT2D eigenvalue weighted by Gasteiger charge is -2.09. The molecule has 0 saturated heterocycles. The van der Waals surface area contributed by atoms with Crippen molar-refractivity contribution >= 4 is 39.1 Å². The average Bonchev–Trinajstić information content (AvgIpc) is 2.68. The van der Waals surface area contributed by atoms with Crippen LogP contribution in [0.4, 0.5) is 11.4 Å². The summed E-state index contributed by atoms with van der Waals surface area (Å²) in [7, 11) is -3.61. The second-order valence-corrected chi connectivity index (χ2v) is 8.88. The Balaban J connectivity index is 1.55. The fourth-order valence-electron chi connectivity index (χ4n) is 2.50. The maximum absolute atomic E-state index is 12.3. The van der Waals surface area contributed by atoms with Crippen LogP contribution in [0.25, 0.3) is 0 Å². The smallest absolute Gasteiger partial charge is 0.261 e. The number of amides is 1. The number of thioether (sulfide) groups is 1. The van der Waals surface area contributed by atoms with Gasteiger partial charge in [0.25, 0.3) is 10.0 Å². The molecule has 0 radical (unpaired) electrons. The number of rotatable bonds is 7. The zero-order chi connectivity index (χ0) is 20.0. The normalized spacial score (nSPS) is 11.0. The summed E-state index contributed by atoms with van der Waals surface area (Å²) in [5.74, 6) is 0.174. The van der Waals surface area contributed by atoms with Crippen LogP contribution in [0.1, 0.15) is 5.56 Å². The monoisotopic (exact) mass is 412 g/mol. The highest BCUT2D eigenvalue weighted by molar-refractivity contribution is 8.00. The minimum Gasteiger partial charge on any atom is -0.325 e. The number of nitrogens with one attached hydrogen (secondary N) is 2. The van der Waals surface area contributed by atoms with E-state index in [-0.39, 0.29) is 16.6 Å². The lowest BCUT2D eigenvalue weighted by Crippen LogP contribution is -2.14. The van der Waals surface area contributed by atoms with Crippen molar-refractivity contribution in [3.8, 4) is 0 Å². The SMILES string of the molecule is Cc1cccc(NC(=O)CSc2ccc(NS(=O)(=O)c3ccccc3)cc2)c1. The Morgan fingerprint density at radius 1 is 0.893 bits per heavy atom. The molecule has 0 aliphatic carbocycles. The van der Waals surface area contributed by atoms with E-state index in [0.717, 1.165) is 16.1 Å². The van der Waals surface area contributed by atoms with Gasteiger partial charge in [-0.1, -0.05) is 30.3 Å². The number of aryl methyl sites for hydroxylation is 1. The van der Waals surface area contributed by atoms with Gasteiger partial charge in [-0.3, -0.25) is 9.52 Å². The predicted octanol–water partition coefficient (Wildman–Crippen LogP) is 4.53. The van der Waals surface area contributed by atoms with Crippen LogP contribution in [0.5, 0.6) is 0 Å². The third kappa shape index (κ3) is 5.61. The Morgan fingerprint density at radius 3 is 2.29 bits per heavy atom. The molecule has 0 heterocycles. The first-order valence-corrected chi connectivity index (χ1v) is 11.1. The number of carbonyl (C=O) groups excluding carboxylic acids is 1. The molecule has 0 spiro atoms. The first-order chi connectivity index (χ1) is 13.4. The maximum atomic E-state index is 12.3. The topological polar surface area (TPSA) is 75.3 Å². The highest BCUT2D eigenvalue weighted by atomic mass is 32.2. The van der Waals surface area contributed by atoms with Crippen molar-refractivity contribution in [3.05, 3.63) is 84.4 Å². The van der Waals surface area contributed by atoms with Gasteiger partial charge in [0, 0.05) is 16.3 Å². The summed E-state index contributed by atoms with van der Waals surface area (Å²) in [5.41, 5.74) is 2.33. The Morgan fingerprint density at radius 2 is 1.61 bits per heavy atom. The lowest BCUT2D eigenvalue weighted by molar-refractivity contribution is -0.113. The van der Waals surface area contributed by atoms with E-state index in [2.05, 4.69) is 10.0 Å². The first-order valence-electron chi connectivity index (χ1n) is 8.60. The number of sulfonamides is 1. The average molecular weight is 413 g/mol. The van der Waals surface area contributed by atoms with Crippen LogP contribution in [-0.2, 0) is 14.8 Å². The lowest BCUT2D eigenvalue weighted by atomic mass is 10.2. The molecule has 28 heavy (non-hydrogen) atoms. The first kappa shape index (κ1) is 20.0. The molecule has 0 aliphatic heterocycles. The zero-order valence-electron chi connectivity index (χ0n) is 15.3. The van der Waals surface area contributed by atoms with Gasteiger partial charge in [0.15, 0.2) is 0 Å². The van der Waals surface area contributed by atoms with Crippen LogP contribution in [0, 0.1) is 6.92 Å². The van der Waals surface area contributed by atoms with E-state index in [1.807, 2.05) is 31.2 Å². The number of carbonyl (C=O) groups is 1. The van der Waals surface area contributed by atoms with Gasteiger partial charge < -0.3 is 5.32 Å². The predicted molar refractivity (Wildman–Crippen MR) is 114 cm³/mol. The summed E-state index contributed by atoms with van der Waals surface area (Å²) in [6.07, 6.45) is 0. The molecular weight excluding hydrogens is 392 g/mol. The van der Waals surface area contributed by atoms with E-state index >= 15 is 0 Å². The Kier molecular flexibility index (Phi) is 6.38. The third-order valence-electron chi connectivity index (χ3n) is 3.83. The molecule has 5 nitrogen and oxygen atoms in total. The maximum Gasteiger partial charge on any atom is 0.261 e. The van der Waals surface area contributed by atoms with Gasteiger partial charge in [-0.05, 0) is 61.0 Å². The molecular formula is C21H20N2O3S2. The van der Waals surface area contributed by atoms with Crippen molar-refractivity contribution in [1.29, 1.82) is 0 Å². The van der Waals surface area contributed by atoms with Crippen molar-refractivity contribution in [2.45, 2.75) is 16.7 Å². The van der Waals surface area contributed by atoms with Crippen LogP contribution in [0.3, 0.4) is 0 Å². The molecule has 144 valence electrons. The second-order valence-electron chi connectivity index (χ2n) is 6.15. The van der Waals surface area contributed by atoms with Crippen LogP contribution in [0.2, 0.25) is 0 Å². The Bertz CT molecular complexity index is 1050. The summed E-state index contributed by atoms with van der Waals surface area (Å²) in [4.78, 5) is 13.2. The highest BCUT2D eigenvalue weighted by Crippen LogP contribution is 2.22. The minimum atomic E-state index is -3.61. The summed E-state index contributed by atoms with van der Waals surface area (Å²) in [6, 6.07) is 22.8. The largest absolute Gasteiger partial charge is 0.325 e. The summed E-state index contributed by atoms with van der Waals surface area (Å²) < 4.78 is 27.2. The molecule has 1 amide bonds. The molecule has 3 aromatic carbocycles. The summed E-state index contributed by atoms with van der Waals surface area (Å²) >= 11 is 1.39. The van der Waals surface area contributed by atoms with Crippen molar-refractivity contribution in [2.24, 2.45) is 0 Å². The minimum absolute atomic E-state index is 0.0931. The standard InChI is InChI=1S/C21H20N2O3S2/c1-16-6-5-7-18(14-16)22-21(24)15-27-19-12-10-17(11-13-19)23-28(25,26)20-8-3-2-4-9-20/h2-14,23H,15H2,1H3,(H,22,24). The zero-order valence-corrected chi connectivity index (χ0v) is 16.9. The molecule has 0 aromatic heterocycles. The molecule has 3 aromatic rings. The van der Waals surface area contributed by atoms with Crippen LogP contribution in [-0.4, -0.2) is 20.1 Å². The summed E-state index contributed by atoms with van der Waals surface area (Å²) in [5, 5.41) is 2.86. The number of anilines is 2. The van der Waals surface area contributed by atoms with Crippen molar-refractivity contribution in [3.63, 3.8) is 0 Å². The summed E-state index contributed by atoms with van der Waals surface area (Å²) in [6.45, 7) is 1.97. The van der Waals surface area contributed by atoms with Crippen LogP contribution < -0.4 is 10.0 Å². The van der Waals surface area contributed by atoms with Crippen molar-refractivity contribution in [1.82, 2.24) is 0 Å². The van der Waals surface area contributed by atoms with E-state index in [9.17, 15) is 13.2 Å². The van der Waals surface area contributed by atoms with E-state index < -0.39 is 10.0 Å². The van der Waals surface area contributed by atoms with Gasteiger partial charge in [0.05, 0.1) is 10.6 Å². The molecule has 0 atom stereocenters. The Hall–Kier alpha value is -2.77. The van der Waals surface area contributed by atoms with Gasteiger partial charge in [0.2, 0.25) is 5.91 Å². The fraction of sp³-hybridized carbons (Fsp3) is 0.0952. The van der Waals surface area contributed by atoms with Crippen LogP contribution in [0.15, 0.2) is 88.7 Å². The molecule has 0 fully saturated rings. The van der Waals surface area contributed by atoms with Gasteiger partial charge >= 0.3 is 0 Å². The molecule has 3 rings (SSSR count). The third-order valence-corrected chi connectivity index (χ3v) is 6.24. The molecule has 0 saturated carbocycles. The van der Waals surface area contributed by atoms with Gasteiger partial charge in [-0.25, -0.2) is 8.42 Å². The van der Waals surface area contributed by atoms with E-state index in [4.69, 9.17) is 0 Å². The number of hydrogen-bond donors (Lipinski definition) is 2.